The number of benzene rings is 1. The van der Waals surface area contributed by atoms with Gasteiger partial charge < -0.3 is 29.2 Å². The average molecular weight is 485 g/mol. The molecule has 12 heteroatoms. The molecular weight excluding hydrogens is 452 g/mol. The third kappa shape index (κ3) is 4.76. The van der Waals surface area contributed by atoms with E-state index in [1.807, 2.05) is 11.9 Å². The molecule has 1 N–H and O–H groups in total. The Hall–Kier alpha value is -2.12. The highest BCUT2D eigenvalue weighted by Crippen LogP contribution is 2.51. The lowest BCUT2D eigenvalue weighted by Gasteiger charge is -2.35. The van der Waals surface area contributed by atoms with Crippen LogP contribution in [0.5, 0.6) is 17.2 Å². The highest BCUT2D eigenvalue weighted by atomic mass is 32.2. The zero-order valence-electron chi connectivity index (χ0n) is 19.4. The number of rotatable bonds is 8. The average Bonchev–Trinajstić information content (AvgIpc) is 3.26. The number of nitrogens with one attached hydrogen (secondary N) is 1. The normalized spacial score (nSPS) is 19.4. The van der Waals surface area contributed by atoms with Gasteiger partial charge in [-0.2, -0.15) is 4.31 Å². The number of likely N-dealkylation sites (N-methyl/N-ethyl adjacent to an activating group) is 1. The van der Waals surface area contributed by atoms with Crippen molar-refractivity contribution in [3.05, 3.63) is 11.1 Å². The van der Waals surface area contributed by atoms with E-state index >= 15 is 0 Å². The topological polar surface area (TPSA) is 110 Å². The first-order valence-electron chi connectivity index (χ1n) is 11.0. The summed E-state index contributed by atoms with van der Waals surface area (Å²) in [5.74, 6) is 1.05. The van der Waals surface area contributed by atoms with E-state index < -0.39 is 10.0 Å². The summed E-state index contributed by atoms with van der Waals surface area (Å²) < 4.78 is 51.0. The smallest absolute Gasteiger partial charge is 0.247 e. The fourth-order valence-electron chi connectivity index (χ4n) is 4.54. The van der Waals surface area contributed by atoms with Gasteiger partial charge >= 0.3 is 0 Å². The van der Waals surface area contributed by atoms with Crippen molar-refractivity contribution in [3.63, 3.8) is 0 Å². The van der Waals surface area contributed by atoms with E-state index in [0.29, 0.717) is 63.8 Å². The molecule has 0 saturated carbocycles. The van der Waals surface area contributed by atoms with Crippen molar-refractivity contribution in [2.45, 2.75) is 17.9 Å². The van der Waals surface area contributed by atoms with Crippen LogP contribution in [-0.4, -0.2) is 109 Å². The Kier molecular flexibility index (Phi) is 7.29. The van der Waals surface area contributed by atoms with Crippen molar-refractivity contribution in [1.82, 2.24) is 19.4 Å². The SMILES string of the molecule is COCCNC(=O)CN1CCN(S(=O)(=O)c2c3c(c(OC)c4c2OCO4)CN(C)CC3)CC1. The third-order valence-corrected chi connectivity index (χ3v) is 8.23. The van der Waals surface area contributed by atoms with Gasteiger partial charge in [0.15, 0.2) is 11.5 Å². The lowest BCUT2D eigenvalue weighted by Crippen LogP contribution is -2.51. The predicted octanol–water partition coefficient (Wildman–Crippen LogP) is -0.519. The molecular formula is C21H32N4O7S. The zero-order chi connectivity index (χ0) is 23.6. The minimum absolute atomic E-state index is 0.0428. The molecule has 0 bridgehead atoms. The number of methoxy groups -OCH3 is 2. The van der Waals surface area contributed by atoms with E-state index in [9.17, 15) is 13.2 Å². The number of hydrogen-bond donors (Lipinski definition) is 1. The first-order chi connectivity index (χ1) is 15.9. The number of fused-ring (bicyclic) bond motifs is 2. The molecule has 184 valence electrons. The molecule has 1 saturated heterocycles. The summed E-state index contributed by atoms with van der Waals surface area (Å²) in [7, 11) is 1.30. The predicted molar refractivity (Wildman–Crippen MR) is 119 cm³/mol. The molecule has 1 amide bonds. The van der Waals surface area contributed by atoms with Gasteiger partial charge in [0.2, 0.25) is 28.5 Å². The zero-order valence-corrected chi connectivity index (χ0v) is 20.2. The molecule has 3 aliphatic heterocycles. The summed E-state index contributed by atoms with van der Waals surface area (Å²) in [6.07, 6.45) is 0.578. The number of piperazine rings is 1. The number of hydrogen-bond acceptors (Lipinski definition) is 9. The number of nitrogens with zero attached hydrogens (tertiary/aromatic N) is 3. The molecule has 0 radical (unpaired) electrons. The van der Waals surface area contributed by atoms with Crippen LogP contribution in [0.1, 0.15) is 11.1 Å². The summed E-state index contributed by atoms with van der Waals surface area (Å²) in [6, 6.07) is 0. The highest BCUT2D eigenvalue weighted by Gasteiger charge is 2.41. The number of ether oxygens (including phenoxy) is 4. The maximum absolute atomic E-state index is 13.8. The molecule has 33 heavy (non-hydrogen) atoms. The molecule has 1 aromatic rings. The molecule has 0 spiro atoms. The highest BCUT2D eigenvalue weighted by molar-refractivity contribution is 7.89. The van der Waals surface area contributed by atoms with E-state index in [1.165, 1.54) is 4.31 Å². The van der Waals surface area contributed by atoms with Gasteiger partial charge in [-0.15, -0.1) is 0 Å². The van der Waals surface area contributed by atoms with Gasteiger partial charge in [0.1, 0.15) is 4.90 Å². The van der Waals surface area contributed by atoms with E-state index in [4.69, 9.17) is 18.9 Å². The van der Waals surface area contributed by atoms with Gasteiger partial charge in [-0.25, -0.2) is 8.42 Å². The Morgan fingerprint density at radius 1 is 1.06 bits per heavy atom. The molecule has 1 fully saturated rings. The first kappa shape index (κ1) is 24.0. The molecule has 0 atom stereocenters. The van der Waals surface area contributed by atoms with Crippen LogP contribution in [0.2, 0.25) is 0 Å². The fourth-order valence-corrected chi connectivity index (χ4v) is 6.37. The van der Waals surface area contributed by atoms with Gasteiger partial charge in [0, 0.05) is 58.5 Å². The van der Waals surface area contributed by atoms with Crippen molar-refractivity contribution in [2.24, 2.45) is 0 Å². The molecule has 4 rings (SSSR count). The molecule has 11 nitrogen and oxygen atoms in total. The van der Waals surface area contributed by atoms with Crippen LogP contribution < -0.4 is 19.5 Å². The lowest BCUT2D eigenvalue weighted by molar-refractivity contribution is -0.122. The van der Waals surface area contributed by atoms with Crippen molar-refractivity contribution >= 4 is 15.9 Å². The van der Waals surface area contributed by atoms with Gasteiger partial charge in [-0.05, 0) is 19.0 Å². The summed E-state index contributed by atoms with van der Waals surface area (Å²) >= 11 is 0. The maximum atomic E-state index is 13.8. The molecule has 0 aromatic heterocycles. The summed E-state index contributed by atoms with van der Waals surface area (Å²) in [4.78, 5) is 16.4. The number of carbonyl (C=O) groups is 1. The van der Waals surface area contributed by atoms with Crippen molar-refractivity contribution < 1.29 is 32.2 Å². The molecule has 3 aliphatic rings. The third-order valence-electron chi connectivity index (χ3n) is 6.24. The van der Waals surface area contributed by atoms with E-state index in [2.05, 4.69) is 10.2 Å². The number of sulfonamides is 1. The minimum atomic E-state index is -3.83. The molecule has 3 heterocycles. The standard InChI is InChI=1S/C21H32N4O7S/c1-23-6-4-15-16(12-23)18(30-3)19-20(32-14-31-19)21(15)33(27,28)25-9-7-24(8-10-25)13-17(26)22-5-11-29-2/h4-14H2,1-3H3,(H,22,26). The van der Waals surface area contributed by atoms with Crippen molar-refractivity contribution in [3.8, 4) is 17.2 Å². The summed E-state index contributed by atoms with van der Waals surface area (Å²) in [5, 5.41) is 2.79. The Labute approximate surface area is 194 Å². The van der Waals surface area contributed by atoms with Crippen LogP contribution in [0.15, 0.2) is 4.90 Å². The second-order valence-electron chi connectivity index (χ2n) is 8.40. The minimum Gasteiger partial charge on any atom is -0.492 e. The fraction of sp³-hybridized carbons (Fsp3) is 0.667. The first-order valence-corrected chi connectivity index (χ1v) is 12.5. The van der Waals surface area contributed by atoms with Crippen LogP contribution >= 0.6 is 0 Å². The Morgan fingerprint density at radius 2 is 1.79 bits per heavy atom. The van der Waals surface area contributed by atoms with Crippen LogP contribution in [-0.2, 0) is 32.5 Å². The van der Waals surface area contributed by atoms with E-state index in [1.54, 1.807) is 14.2 Å². The van der Waals surface area contributed by atoms with Gasteiger partial charge in [0.05, 0.1) is 20.3 Å². The van der Waals surface area contributed by atoms with Crippen molar-refractivity contribution in [1.29, 1.82) is 0 Å². The van der Waals surface area contributed by atoms with Crippen LogP contribution in [0.3, 0.4) is 0 Å². The van der Waals surface area contributed by atoms with Crippen molar-refractivity contribution in [2.75, 3.05) is 80.5 Å². The van der Waals surface area contributed by atoms with Crippen LogP contribution in [0.4, 0.5) is 0 Å². The quantitative estimate of drug-likeness (QED) is 0.488. The van der Waals surface area contributed by atoms with Gasteiger partial charge in [0.25, 0.3) is 0 Å². The van der Waals surface area contributed by atoms with Gasteiger partial charge in [-0.3, -0.25) is 9.69 Å². The second-order valence-corrected chi connectivity index (χ2v) is 10.3. The second kappa shape index (κ2) is 10.0. The number of carbonyl (C=O) groups excluding carboxylic acids is 1. The Morgan fingerprint density at radius 3 is 2.48 bits per heavy atom. The van der Waals surface area contributed by atoms with E-state index in [0.717, 1.165) is 17.7 Å². The van der Waals surface area contributed by atoms with E-state index in [-0.39, 0.29) is 29.9 Å². The molecule has 0 unspecified atom stereocenters. The monoisotopic (exact) mass is 484 g/mol. The van der Waals surface area contributed by atoms with Crippen LogP contribution in [0.25, 0.3) is 0 Å². The summed E-state index contributed by atoms with van der Waals surface area (Å²) in [6.45, 7) is 3.94. The Bertz CT molecular complexity index is 993. The maximum Gasteiger partial charge on any atom is 0.247 e. The Balaban J connectivity index is 1.55. The lowest BCUT2D eigenvalue weighted by atomic mass is 9.97. The largest absolute Gasteiger partial charge is 0.492 e. The molecule has 1 aromatic carbocycles. The van der Waals surface area contributed by atoms with Crippen LogP contribution in [0, 0.1) is 0 Å². The number of amides is 1. The summed E-state index contributed by atoms with van der Waals surface area (Å²) in [5.41, 5.74) is 1.58. The van der Waals surface area contributed by atoms with Gasteiger partial charge in [-0.1, -0.05) is 0 Å². The molecule has 0 aliphatic carbocycles.